The zero-order chi connectivity index (χ0) is 22.0. The summed E-state index contributed by atoms with van der Waals surface area (Å²) in [6.07, 6.45) is 2.33. The normalized spacial score (nSPS) is 13.6. The quantitative estimate of drug-likeness (QED) is 0.184. The summed E-state index contributed by atoms with van der Waals surface area (Å²) in [4.78, 5) is 65.1. The molecule has 13 heteroatoms. The van der Waals surface area contributed by atoms with Gasteiger partial charge in [-0.05, 0) is 13.3 Å². The second-order valence-electron chi connectivity index (χ2n) is 6.24. The summed E-state index contributed by atoms with van der Waals surface area (Å²) in [6.45, 7) is 1.06. The topological polar surface area (TPSA) is 222 Å². The van der Waals surface area contributed by atoms with Crippen LogP contribution < -0.4 is 27.4 Å². The Labute approximate surface area is 166 Å². The number of nitrogens with one attached hydrogen (secondary N) is 4. The highest BCUT2D eigenvalue weighted by Crippen LogP contribution is 2.03. The Balaban J connectivity index is 2.83. The van der Waals surface area contributed by atoms with Crippen LogP contribution in [0.2, 0.25) is 0 Å². The van der Waals surface area contributed by atoms with Crippen LogP contribution in [0.15, 0.2) is 12.5 Å². The standard InChI is InChI=1S/C16H25N7O6/c1-8(21-13(25)5-17)14(26)22-10(2-3-12(18)24)15(27)23-11(16(28)29)4-9-6-19-7-20-9/h6-8,10-11H,2-5,17H2,1H3,(H2,18,24)(H,19,20)(H,21,25)(H,22,26)(H,23,27)(H,28,29). The van der Waals surface area contributed by atoms with Crippen LogP contribution in [0.3, 0.4) is 0 Å². The van der Waals surface area contributed by atoms with Crippen LogP contribution in [0.1, 0.15) is 25.5 Å². The number of aromatic nitrogens is 2. The lowest BCUT2D eigenvalue weighted by molar-refractivity contribution is -0.142. The molecule has 0 fully saturated rings. The first kappa shape index (κ1) is 23.6. The van der Waals surface area contributed by atoms with Crippen molar-refractivity contribution in [1.82, 2.24) is 25.9 Å². The Bertz CT molecular complexity index is 736. The number of rotatable bonds is 12. The van der Waals surface area contributed by atoms with E-state index in [1.54, 1.807) is 0 Å². The third-order valence-corrected chi connectivity index (χ3v) is 3.86. The van der Waals surface area contributed by atoms with E-state index in [4.69, 9.17) is 11.5 Å². The molecule has 0 aliphatic heterocycles. The van der Waals surface area contributed by atoms with Gasteiger partial charge in [0.15, 0.2) is 0 Å². The number of H-pyrrole nitrogens is 1. The Morgan fingerprint density at radius 1 is 1.14 bits per heavy atom. The third kappa shape index (κ3) is 8.38. The third-order valence-electron chi connectivity index (χ3n) is 3.86. The summed E-state index contributed by atoms with van der Waals surface area (Å²) in [5.74, 6) is -4.10. The first-order chi connectivity index (χ1) is 13.6. The average molecular weight is 411 g/mol. The van der Waals surface area contributed by atoms with Gasteiger partial charge >= 0.3 is 5.97 Å². The van der Waals surface area contributed by atoms with Crippen LogP contribution in [0.5, 0.6) is 0 Å². The van der Waals surface area contributed by atoms with Crippen LogP contribution in [0.4, 0.5) is 0 Å². The lowest BCUT2D eigenvalue weighted by Gasteiger charge is -2.23. The Morgan fingerprint density at radius 3 is 2.31 bits per heavy atom. The number of carbonyl (C=O) groups is 5. The molecule has 0 bridgehead atoms. The monoisotopic (exact) mass is 411 g/mol. The highest BCUT2D eigenvalue weighted by Gasteiger charge is 2.28. The first-order valence-electron chi connectivity index (χ1n) is 8.72. The van der Waals surface area contributed by atoms with Crippen molar-refractivity contribution < 1.29 is 29.1 Å². The number of hydrogen-bond acceptors (Lipinski definition) is 7. The van der Waals surface area contributed by atoms with Crippen molar-refractivity contribution in [2.75, 3.05) is 6.54 Å². The molecule has 3 unspecified atom stereocenters. The Kier molecular flexibility index (Phi) is 9.25. The average Bonchev–Trinajstić information content (AvgIpc) is 3.16. The molecule has 1 rings (SSSR count). The second-order valence-corrected chi connectivity index (χ2v) is 6.24. The summed E-state index contributed by atoms with van der Waals surface area (Å²) in [6, 6.07) is -3.55. The number of primary amides is 1. The molecular formula is C16H25N7O6. The fourth-order valence-corrected chi connectivity index (χ4v) is 2.31. The Morgan fingerprint density at radius 2 is 1.79 bits per heavy atom. The van der Waals surface area contributed by atoms with Gasteiger partial charge in [0.1, 0.15) is 18.1 Å². The first-order valence-corrected chi connectivity index (χ1v) is 8.72. The molecule has 13 nitrogen and oxygen atoms in total. The molecular weight excluding hydrogens is 386 g/mol. The lowest BCUT2D eigenvalue weighted by atomic mass is 10.1. The van der Waals surface area contributed by atoms with Crippen LogP contribution in [-0.2, 0) is 30.4 Å². The molecule has 3 atom stereocenters. The molecule has 4 amide bonds. The summed E-state index contributed by atoms with van der Waals surface area (Å²) in [5, 5.41) is 16.4. The van der Waals surface area contributed by atoms with Gasteiger partial charge in [0.2, 0.25) is 23.6 Å². The van der Waals surface area contributed by atoms with Crippen molar-refractivity contribution in [2.45, 2.75) is 44.3 Å². The second kappa shape index (κ2) is 11.4. The van der Waals surface area contributed by atoms with E-state index in [9.17, 15) is 29.1 Å². The number of nitrogens with zero attached hydrogens (tertiary/aromatic N) is 1. The van der Waals surface area contributed by atoms with Crippen molar-refractivity contribution in [2.24, 2.45) is 11.5 Å². The number of aliphatic carboxylic acids is 1. The van der Waals surface area contributed by atoms with E-state index in [2.05, 4.69) is 25.9 Å². The van der Waals surface area contributed by atoms with E-state index in [1.807, 2.05) is 0 Å². The molecule has 0 saturated heterocycles. The summed E-state index contributed by atoms with van der Waals surface area (Å²) in [7, 11) is 0. The van der Waals surface area contributed by atoms with Crippen molar-refractivity contribution in [3.05, 3.63) is 18.2 Å². The molecule has 29 heavy (non-hydrogen) atoms. The van der Waals surface area contributed by atoms with E-state index >= 15 is 0 Å². The van der Waals surface area contributed by atoms with Crippen LogP contribution >= 0.6 is 0 Å². The number of carboxylic acid groups (broad SMARTS) is 1. The molecule has 0 saturated carbocycles. The molecule has 1 heterocycles. The minimum absolute atomic E-state index is 0.0689. The van der Waals surface area contributed by atoms with E-state index in [0.29, 0.717) is 5.69 Å². The maximum atomic E-state index is 12.6. The minimum Gasteiger partial charge on any atom is -0.480 e. The molecule has 0 aliphatic carbocycles. The maximum absolute atomic E-state index is 12.6. The largest absolute Gasteiger partial charge is 0.480 e. The van der Waals surface area contributed by atoms with Crippen LogP contribution in [0, 0.1) is 0 Å². The number of aromatic amines is 1. The summed E-state index contributed by atoms with van der Waals surface area (Å²) in [5.41, 5.74) is 10.7. The fraction of sp³-hybridized carbons (Fsp3) is 0.500. The molecule has 0 radical (unpaired) electrons. The van der Waals surface area contributed by atoms with Gasteiger partial charge in [0, 0.05) is 24.7 Å². The zero-order valence-corrected chi connectivity index (χ0v) is 15.8. The zero-order valence-electron chi connectivity index (χ0n) is 15.8. The molecule has 0 spiro atoms. The van der Waals surface area contributed by atoms with Gasteiger partial charge in [-0.25, -0.2) is 9.78 Å². The van der Waals surface area contributed by atoms with E-state index < -0.39 is 47.7 Å². The van der Waals surface area contributed by atoms with E-state index in [0.717, 1.165) is 0 Å². The highest BCUT2D eigenvalue weighted by atomic mass is 16.4. The van der Waals surface area contributed by atoms with Gasteiger partial charge in [-0.3, -0.25) is 19.2 Å². The molecule has 160 valence electrons. The Hall–Kier alpha value is -3.48. The minimum atomic E-state index is -1.30. The van der Waals surface area contributed by atoms with Gasteiger partial charge in [-0.2, -0.15) is 0 Å². The fourth-order valence-electron chi connectivity index (χ4n) is 2.31. The number of nitrogens with two attached hydrogens (primary N) is 2. The number of carboxylic acids is 1. The van der Waals surface area contributed by atoms with E-state index in [1.165, 1.54) is 19.4 Å². The van der Waals surface area contributed by atoms with Gasteiger partial charge in [0.25, 0.3) is 0 Å². The smallest absolute Gasteiger partial charge is 0.326 e. The predicted molar refractivity (Wildman–Crippen MR) is 98.9 cm³/mol. The van der Waals surface area contributed by atoms with Crippen LogP contribution in [0.25, 0.3) is 0 Å². The molecule has 9 N–H and O–H groups in total. The summed E-state index contributed by atoms with van der Waals surface area (Å²) < 4.78 is 0. The van der Waals surface area contributed by atoms with Crippen molar-refractivity contribution >= 4 is 29.6 Å². The lowest BCUT2D eigenvalue weighted by Crippen LogP contribution is -2.56. The van der Waals surface area contributed by atoms with Gasteiger partial charge in [0.05, 0.1) is 12.9 Å². The number of hydrogen-bond donors (Lipinski definition) is 7. The highest BCUT2D eigenvalue weighted by molar-refractivity contribution is 5.93. The molecule has 0 aromatic carbocycles. The number of imidazole rings is 1. The van der Waals surface area contributed by atoms with Crippen molar-refractivity contribution in [3.8, 4) is 0 Å². The summed E-state index contributed by atoms with van der Waals surface area (Å²) >= 11 is 0. The SMILES string of the molecule is CC(NC(=O)CN)C(=O)NC(CCC(N)=O)C(=O)NC(Cc1cnc[nH]1)C(=O)O. The predicted octanol–water partition coefficient (Wildman–Crippen LogP) is -3.26. The van der Waals surface area contributed by atoms with Crippen molar-refractivity contribution in [1.29, 1.82) is 0 Å². The molecule has 1 aromatic heterocycles. The molecule has 0 aliphatic rings. The van der Waals surface area contributed by atoms with Gasteiger partial charge < -0.3 is 37.5 Å². The van der Waals surface area contributed by atoms with Crippen molar-refractivity contribution in [3.63, 3.8) is 0 Å². The molecule has 1 aromatic rings. The van der Waals surface area contributed by atoms with Gasteiger partial charge in [-0.1, -0.05) is 0 Å². The van der Waals surface area contributed by atoms with Gasteiger partial charge in [-0.15, -0.1) is 0 Å². The van der Waals surface area contributed by atoms with E-state index in [-0.39, 0.29) is 25.8 Å². The maximum Gasteiger partial charge on any atom is 0.326 e. The number of amides is 4. The van der Waals surface area contributed by atoms with Crippen LogP contribution in [-0.4, -0.2) is 69.3 Å². The number of carbonyl (C=O) groups excluding carboxylic acids is 4.